The molecule has 0 fully saturated rings. The molecule has 0 aliphatic carbocycles. The zero-order chi connectivity index (χ0) is 13.7. The van der Waals surface area contributed by atoms with E-state index in [0.29, 0.717) is 5.56 Å². The number of ether oxygens (including phenoxy) is 1. The molecule has 0 radical (unpaired) electrons. The van der Waals surface area contributed by atoms with Gasteiger partial charge in [-0.05, 0) is 23.8 Å². The monoisotopic (exact) mass is 251 g/mol. The van der Waals surface area contributed by atoms with Crippen molar-refractivity contribution in [2.24, 2.45) is 0 Å². The van der Waals surface area contributed by atoms with Crippen molar-refractivity contribution in [3.05, 3.63) is 29.5 Å². The second kappa shape index (κ2) is 5.72. The Morgan fingerprint density at radius 1 is 1.39 bits per heavy atom. The Morgan fingerprint density at radius 2 is 2.06 bits per heavy atom. The number of aliphatic carboxylic acids is 1. The van der Waals surface area contributed by atoms with Crippen molar-refractivity contribution in [1.29, 1.82) is 0 Å². The smallest absolute Gasteiger partial charge is 0.352 e. The lowest BCUT2D eigenvalue weighted by Crippen LogP contribution is -2.24. The maximum atomic E-state index is 10.9. The first-order valence-corrected chi connectivity index (χ1v) is 5.03. The topological polar surface area (TPSA) is 95.9 Å². The van der Waals surface area contributed by atoms with Gasteiger partial charge in [-0.15, -0.1) is 0 Å². The summed E-state index contributed by atoms with van der Waals surface area (Å²) >= 11 is 0. The Hall–Kier alpha value is -2.50. The Bertz CT molecular complexity index is 507. The number of amides is 1. The molecule has 1 amide bonds. The molecule has 18 heavy (non-hydrogen) atoms. The van der Waals surface area contributed by atoms with E-state index in [-0.39, 0.29) is 17.2 Å². The number of carboxylic acids is 1. The van der Waals surface area contributed by atoms with Gasteiger partial charge < -0.3 is 20.3 Å². The molecule has 0 spiro atoms. The lowest BCUT2D eigenvalue weighted by Gasteiger charge is -2.05. The predicted octanol–water partition coefficient (Wildman–Crippen LogP) is 0.962. The molecule has 0 atom stereocenters. The lowest BCUT2D eigenvalue weighted by atomic mass is 10.1. The van der Waals surface area contributed by atoms with Crippen LogP contribution in [0.4, 0.5) is 0 Å². The molecule has 1 aromatic rings. The van der Waals surface area contributed by atoms with E-state index in [1.165, 1.54) is 32.2 Å². The first kappa shape index (κ1) is 13.6. The number of phenols is 1. The fraction of sp³-hybridized carbons (Fsp3) is 0.167. The molecule has 0 aliphatic rings. The van der Waals surface area contributed by atoms with Gasteiger partial charge in [0.05, 0.1) is 7.11 Å². The molecule has 6 nitrogen and oxygen atoms in total. The summed E-state index contributed by atoms with van der Waals surface area (Å²) < 4.78 is 4.86. The number of methoxy groups -OCH3 is 1. The number of rotatable bonds is 4. The van der Waals surface area contributed by atoms with Gasteiger partial charge in [-0.2, -0.15) is 0 Å². The molecule has 0 heterocycles. The van der Waals surface area contributed by atoms with E-state index in [2.05, 4.69) is 5.32 Å². The van der Waals surface area contributed by atoms with E-state index < -0.39 is 11.9 Å². The standard InChI is InChI=1S/C12H13NO5/c1-7(14)13-9(12(16)17)5-8-3-4-11(18-2)10(15)6-8/h3-6,15H,1-2H3,(H,13,14)(H,16,17). The first-order valence-electron chi connectivity index (χ1n) is 5.03. The van der Waals surface area contributed by atoms with E-state index in [9.17, 15) is 14.7 Å². The summed E-state index contributed by atoms with van der Waals surface area (Å²) in [4.78, 5) is 21.7. The third-order valence-corrected chi connectivity index (χ3v) is 2.06. The van der Waals surface area contributed by atoms with Crippen molar-refractivity contribution in [2.45, 2.75) is 6.92 Å². The normalized spacial score (nSPS) is 10.9. The van der Waals surface area contributed by atoms with Crippen molar-refractivity contribution in [2.75, 3.05) is 7.11 Å². The van der Waals surface area contributed by atoms with E-state index in [1.807, 2.05) is 0 Å². The number of aromatic hydroxyl groups is 1. The minimum absolute atomic E-state index is 0.112. The van der Waals surface area contributed by atoms with Gasteiger partial charge in [0.1, 0.15) is 5.70 Å². The average Bonchev–Trinajstić information content (AvgIpc) is 2.27. The quantitative estimate of drug-likeness (QED) is 0.693. The molecule has 0 saturated heterocycles. The number of hydrogen-bond donors (Lipinski definition) is 3. The van der Waals surface area contributed by atoms with Crippen molar-refractivity contribution >= 4 is 18.0 Å². The van der Waals surface area contributed by atoms with Crippen LogP contribution >= 0.6 is 0 Å². The first-order chi connectivity index (χ1) is 8.43. The van der Waals surface area contributed by atoms with Gasteiger partial charge in [-0.25, -0.2) is 4.79 Å². The summed E-state index contributed by atoms with van der Waals surface area (Å²) in [5.74, 6) is -1.58. The molecule has 1 rings (SSSR count). The van der Waals surface area contributed by atoms with Gasteiger partial charge >= 0.3 is 5.97 Å². The number of carboxylic acid groups (broad SMARTS) is 1. The van der Waals surface area contributed by atoms with Crippen LogP contribution < -0.4 is 10.1 Å². The highest BCUT2D eigenvalue weighted by molar-refractivity contribution is 5.96. The molecule has 0 aliphatic heterocycles. The van der Waals surface area contributed by atoms with E-state index >= 15 is 0 Å². The zero-order valence-electron chi connectivity index (χ0n) is 9.93. The third-order valence-electron chi connectivity index (χ3n) is 2.06. The largest absolute Gasteiger partial charge is 0.504 e. The summed E-state index contributed by atoms with van der Waals surface area (Å²) in [7, 11) is 1.41. The van der Waals surface area contributed by atoms with Crippen LogP contribution in [0.15, 0.2) is 23.9 Å². The highest BCUT2D eigenvalue weighted by Gasteiger charge is 2.09. The molecular weight excluding hydrogens is 238 g/mol. The molecule has 3 N–H and O–H groups in total. The fourth-order valence-electron chi connectivity index (χ4n) is 1.30. The number of nitrogens with one attached hydrogen (secondary N) is 1. The number of benzene rings is 1. The molecule has 0 unspecified atom stereocenters. The molecule has 96 valence electrons. The summed E-state index contributed by atoms with van der Waals surface area (Å²) in [6.07, 6.45) is 1.24. The van der Waals surface area contributed by atoms with Crippen LogP contribution in [0.5, 0.6) is 11.5 Å². The average molecular weight is 251 g/mol. The number of carbonyl (C=O) groups is 2. The minimum atomic E-state index is -1.26. The van der Waals surface area contributed by atoms with E-state index in [0.717, 1.165) is 0 Å². The predicted molar refractivity (Wildman–Crippen MR) is 64.1 cm³/mol. The van der Waals surface area contributed by atoms with Crippen LogP contribution in [0.2, 0.25) is 0 Å². The maximum absolute atomic E-state index is 10.9. The zero-order valence-corrected chi connectivity index (χ0v) is 9.93. The lowest BCUT2D eigenvalue weighted by molar-refractivity contribution is -0.134. The fourth-order valence-corrected chi connectivity index (χ4v) is 1.30. The summed E-state index contributed by atoms with van der Waals surface area (Å²) in [5, 5.41) is 20.6. The van der Waals surface area contributed by atoms with Gasteiger partial charge in [0.25, 0.3) is 0 Å². The van der Waals surface area contributed by atoms with Crippen molar-refractivity contribution in [3.8, 4) is 11.5 Å². The van der Waals surface area contributed by atoms with Gasteiger partial charge in [-0.1, -0.05) is 6.07 Å². The molecule has 0 saturated carbocycles. The Labute approximate surface area is 104 Å². The third kappa shape index (κ3) is 3.51. The van der Waals surface area contributed by atoms with E-state index in [1.54, 1.807) is 6.07 Å². The highest BCUT2D eigenvalue weighted by atomic mass is 16.5. The summed E-state index contributed by atoms with van der Waals surface area (Å²) in [6, 6.07) is 4.39. The maximum Gasteiger partial charge on any atom is 0.352 e. The Kier molecular flexibility index (Phi) is 4.31. The number of carbonyl (C=O) groups excluding carboxylic acids is 1. The van der Waals surface area contributed by atoms with Gasteiger partial charge in [-0.3, -0.25) is 4.79 Å². The molecule has 0 bridgehead atoms. The summed E-state index contributed by atoms with van der Waals surface area (Å²) in [5.41, 5.74) is 0.159. The Balaban J connectivity index is 3.08. The minimum Gasteiger partial charge on any atom is -0.504 e. The molecule has 0 aromatic heterocycles. The highest BCUT2D eigenvalue weighted by Crippen LogP contribution is 2.26. The second-order valence-corrected chi connectivity index (χ2v) is 3.48. The van der Waals surface area contributed by atoms with Crippen molar-refractivity contribution < 1.29 is 24.5 Å². The number of phenolic OH excluding ortho intramolecular Hbond substituents is 1. The van der Waals surface area contributed by atoms with E-state index in [4.69, 9.17) is 9.84 Å². The van der Waals surface area contributed by atoms with Gasteiger partial charge in [0, 0.05) is 6.92 Å². The number of hydrogen-bond acceptors (Lipinski definition) is 4. The van der Waals surface area contributed by atoms with Crippen LogP contribution in [0, 0.1) is 0 Å². The van der Waals surface area contributed by atoms with Crippen LogP contribution in [-0.4, -0.2) is 29.2 Å². The van der Waals surface area contributed by atoms with Crippen LogP contribution in [-0.2, 0) is 9.59 Å². The van der Waals surface area contributed by atoms with Gasteiger partial charge in [0.15, 0.2) is 11.5 Å². The molecule has 1 aromatic carbocycles. The van der Waals surface area contributed by atoms with Crippen molar-refractivity contribution in [3.63, 3.8) is 0 Å². The Morgan fingerprint density at radius 3 is 2.50 bits per heavy atom. The van der Waals surface area contributed by atoms with Crippen LogP contribution in [0.25, 0.3) is 6.08 Å². The SMILES string of the molecule is COc1ccc(C=C(NC(C)=O)C(=O)O)cc1O. The van der Waals surface area contributed by atoms with Crippen molar-refractivity contribution in [1.82, 2.24) is 5.32 Å². The van der Waals surface area contributed by atoms with Crippen LogP contribution in [0.3, 0.4) is 0 Å². The molecule has 6 heteroatoms. The van der Waals surface area contributed by atoms with Gasteiger partial charge in [0.2, 0.25) is 5.91 Å². The second-order valence-electron chi connectivity index (χ2n) is 3.48. The molecular formula is C12H13NO5. The summed E-state index contributed by atoms with van der Waals surface area (Å²) in [6.45, 7) is 1.21. The van der Waals surface area contributed by atoms with Crippen LogP contribution in [0.1, 0.15) is 12.5 Å².